The van der Waals surface area contributed by atoms with E-state index in [4.69, 9.17) is 9.47 Å². The molecule has 1 aromatic heterocycles. The van der Waals surface area contributed by atoms with Crippen molar-refractivity contribution in [2.45, 2.75) is 45.1 Å². The molecule has 0 saturated carbocycles. The molecular formula is C25H31FN4O3S. The number of benzene rings is 2. The van der Waals surface area contributed by atoms with E-state index in [1.807, 2.05) is 34.9 Å². The van der Waals surface area contributed by atoms with E-state index in [1.54, 1.807) is 24.1 Å². The first kappa shape index (κ1) is 25.6. The van der Waals surface area contributed by atoms with Gasteiger partial charge in [-0.15, -0.1) is 10.2 Å². The first-order valence-corrected chi connectivity index (χ1v) is 12.1. The van der Waals surface area contributed by atoms with Gasteiger partial charge in [-0.05, 0) is 42.2 Å². The van der Waals surface area contributed by atoms with Gasteiger partial charge in [0.25, 0.3) is 0 Å². The summed E-state index contributed by atoms with van der Waals surface area (Å²) in [4.78, 5) is 14.3. The van der Waals surface area contributed by atoms with Gasteiger partial charge in [0.05, 0.1) is 12.9 Å². The number of hydrogen-bond donors (Lipinski definition) is 0. The maximum Gasteiger partial charge on any atom is 0.233 e. The van der Waals surface area contributed by atoms with Crippen LogP contribution in [-0.2, 0) is 24.5 Å². The molecule has 0 atom stereocenters. The molecule has 9 heteroatoms. The van der Waals surface area contributed by atoms with Crippen LogP contribution in [0.25, 0.3) is 0 Å². The van der Waals surface area contributed by atoms with Gasteiger partial charge in [0, 0.05) is 20.1 Å². The van der Waals surface area contributed by atoms with Gasteiger partial charge in [-0.1, -0.05) is 49.9 Å². The summed E-state index contributed by atoms with van der Waals surface area (Å²) in [6.07, 6.45) is 0.959. The molecule has 0 unspecified atom stereocenters. The first-order valence-electron chi connectivity index (χ1n) is 11.2. The van der Waals surface area contributed by atoms with Gasteiger partial charge in [-0.25, -0.2) is 4.39 Å². The Bertz CT molecular complexity index is 1080. The van der Waals surface area contributed by atoms with Crippen LogP contribution in [0, 0.1) is 11.7 Å². The Labute approximate surface area is 204 Å². The Kier molecular flexibility index (Phi) is 9.33. The summed E-state index contributed by atoms with van der Waals surface area (Å²) in [5, 5.41) is 9.31. The van der Waals surface area contributed by atoms with E-state index >= 15 is 0 Å². The Morgan fingerprint density at radius 3 is 2.62 bits per heavy atom. The van der Waals surface area contributed by atoms with E-state index in [1.165, 1.54) is 24.9 Å². The lowest BCUT2D eigenvalue weighted by atomic mass is 10.1. The summed E-state index contributed by atoms with van der Waals surface area (Å²) in [5.41, 5.74) is 0.694. The SMILES string of the molecule is COc1ccc(CN(C)C(=O)CSc2nnc(COc3ccccc3)n2CCC(C)C)cc1F. The molecule has 7 nitrogen and oxygen atoms in total. The Morgan fingerprint density at radius 1 is 1.18 bits per heavy atom. The maximum atomic E-state index is 14.0. The molecule has 34 heavy (non-hydrogen) atoms. The second-order valence-electron chi connectivity index (χ2n) is 8.34. The van der Waals surface area contributed by atoms with Crippen LogP contribution in [0.15, 0.2) is 53.7 Å². The predicted molar refractivity (Wildman–Crippen MR) is 130 cm³/mol. The maximum absolute atomic E-state index is 14.0. The smallest absolute Gasteiger partial charge is 0.233 e. The summed E-state index contributed by atoms with van der Waals surface area (Å²) in [6.45, 7) is 5.67. The van der Waals surface area contributed by atoms with Gasteiger partial charge in [0.15, 0.2) is 22.5 Å². The summed E-state index contributed by atoms with van der Waals surface area (Å²) < 4.78 is 26.8. The summed E-state index contributed by atoms with van der Waals surface area (Å²) in [7, 11) is 3.12. The highest BCUT2D eigenvalue weighted by molar-refractivity contribution is 7.99. The molecule has 0 saturated heterocycles. The minimum absolute atomic E-state index is 0.0817. The molecular weight excluding hydrogens is 455 g/mol. The van der Waals surface area contributed by atoms with E-state index in [0.717, 1.165) is 24.5 Å². The number of carbonyl (C=O) groups is 1. The highest BCUT2D eigenvalue weighted by Gasteiger charge is 2.17. The molecule has 0 N–H and O–H groups in total. The van der Waals surface area contributed by atoms with Gasteiger partial charge in [0.2, 0.25) is 5.91 Å². The number of ether oxygens (including phenoxy) is 2. The van der Waals surface area contributed by atoms with Crippen LogP contribution in [0.5, 0.6) is 11.5 Å². The third-order valence-corrected chi connectivity index (χ3v) is 6.17. The van der Waals surface area contributed by atoms with Crippen LogP contribution in [-0.4, -0.2) is 45.5 Å². The number of aromatic nitrogens is 3. The van der Waals surface area contributed by atoms with Crippen molar-refractivity contribution < 1.29 is 18.7 Å². The second-order valence-corrected chi connectivity index (χ2v) is 9.28. The van der Waals surface area contributed by atoms with Crippen molar-refractivity contribution in [3.8, 4) is 11.5 Å². The lowest BCUT2D eigenvalue weighted by Gasteiger charge is -2.18. The average Bonchev–Trinajstić information content (AvgIpc) is 3.22. The highest BCUT2D eigenvalue weighted by atomic mass is 32.2. The van der Waals surface area contributed by atoms with Crippen LogP contribution in [0.1, 0.15) is 31.7 Å². The molecule has 0 radical (unpaired) electrons. The third-order valence-electron chi connectivity index (χ3n) is 5.22. The van der Waals surface area contributed by atoms with Crippen molar-refractivity contribution >= 4 is 17.7 Å². The van der Waals surface area contributed by atoms with E-state index in [9.17, 15) is 9.18 Å². The molecule has 182 valence electrons. The highest BCUT2D eigenvalue weighted by Crippen LogP contribution is 2.22. The molecule has 0 bridgehead atoms. The number of methoxy groups -OCH3 is 1. The average molecular weight is 487 g/mol. The van der Waals surface area contributed by atoms with Crippen LogP contribution >= 0.6 is 11.8 Å². The largest absolute Gasteiger partial charge is 0.494 e. The topological polar surface area (TPSA) is 69.5 Å². The molecule has 2 aromatic carbocycles. The third kappa shape index (κ3) is 7.21. The number of thioether (sulfide) groups is 1. The Hall–Kier alpha value is -3.07. The van der Waals surface area contributed by atoms with Crippen molar-refractivity contribution in [2.75, 3.05) is 19.9 Å². The molecule has 0 spiro atoms. The van der Waals surface area contributed by atoms with E-state index in [2.05, 4.69) is 24.0 Å². The fourth-order valence-electron chi connectivity index (χ4n) is 3.22. The quantitative estimate of drug-likeness (QED) is 0.343. The van der Waals surface area contributed by atoms with Crippen molar-refractivity contribution in [2.24, 2.45) is 5.92 Å². The molecule has 0 aliphatic rings. The summed E-state index contributed by atoms with van der Waals surface area (Å²) in [6, 6.07) is 14.3. The number of para-hydroxylation sites is 1. The number of carbonyl (C=O) groups excluding carboxylic acids is 1. The van der Waals surface area contributed by atoms with Crippen LogP contribution in [0.2, 0.25) is 0 Å². The van der Waals surface area contributed by atoms with Crippen molar-refractivity contribution in [3.63, 3.8) is 0 Å². The van der Waals surface area contributed by atoms with E-state index < -0.39 is 5.82 Å². The molecule has 1 heterocycles. The summed E-state index contributed by atoms with van der Waals surface area (Å²) in [5.74, 6) is 1.86. The predicted octanol–water partition coefficient (Wildman–Crippen LogP) is 4.80. The van der Waals surface area contributed by atoms with Crippen molar-refractivity contribution in [1.82, 2.24) is 19.7 Å². The van der Waals surface area contributed by atoms with Gasteiger partial charge in [0.1, 0.15) is 12.4 Å². The molecule has 1 amide bonds. The zero-order valence-corrected chi connectivity index (χ0v) is 20.8. The Morgan fingerprint density at radius 2 is 1.94 bits per heavy atom. The Balaban J connectivity index is 1.62. The zero-order chi connectivity index (χ0) is 24.5. The van der Waals surface area contributed by atoms with Crippen LogP contribution < -0.4 is 9.47 Å². The number of halogens is 1. The number of hydrogen-bond acceptors (Lipinski definition) is 6. The molecule has 0 aliphatic heterocycles. The van der Waals surface area contributed by atoms with Gasteiger partial charge in [-0.2, -0.15) is 0 Å². The molecule has 0 fully saturated rings. The lowest BCUT2D eigenvalue weighted by molar-refractivity contribution is -0.127. The number of rotatable bonds is 12. The minimum atomic E-state index is -0.446. The monoisotopic (exact) mass is 486 g/mol. The zero-order valence-electron chi connectivity index (χ0n) is 20.0. The van der Waals surface area contributed by atoms with E-state index in [-0.39, 0.29) is 17.4 Å². The van der Waals surface area contributed by atoms with Crippen molar-refractivity contribution in [3.05, 3.63) is 65.7 Å². The molecule has 0 aliphatic carbocycles. The van der Waals surface area contributed by atoms with Crippen LogP contribution in [0.4, 0.5) is 4.39 Å². The summed E-state index contributed by atoms with van der Waals surface area (Å²) >= 11 is 1.35. The number of amides is 1. The fraction of sp³-hybridized carbons (Fsp3) is 0.400. The van der Waals surface area contributed by atoms with Gasteiger partial charge < -0.3 is 18.9 Å². The minimum Gasteiger partial charge on any atom is -0.494 e. The van der Waals surface area contributed by atoms with Crippen molar-refractivity contribution in [1.29, 1.82) is 0 Å². The van der Waals surface area contributed by atoms with Gasteiger partial charge in [-0.3, -0.25) is 4.79 Å². The molecule has 3 rings (SSSR count). The lowest BCUT2D eigenvalue weighted by Crippen LogP contribution is -2.28. The fourth-order valence-corrected chi connectivity index (χ4v) is 4.14. The normalized spacial score (nSPS) is 11.0. The van der Waals surface area contributed by atoms with Crippen LogP contribution in [0.3, 0.4) is 0 Å². The first-order chi connectivity index (χ1) is 16.4. The van der Waals surface area contributed by atoms with Gasteiger partial charge >= 0.3 is 0 Å². The second kappa shape index (κ2) is 12.4. The standard InChI is InChI=1S/C25H31FN4O3S/c1-18(2)12-13-30-23(16-33-20-8-6-5-7-9-20)27-28-25(30)34-17-24(31)29(3)15-19-10-11-22(32-4)21(26)14-19/h5-11,14,18H,12-13,15-17H2,1-4H3. The van der Waals surface area contributed by atoms with E-state index in [0.29, 0.717) is 29.8 Å². The molecule has 3 aromatic rings. The number of nitrogens with zero attached hydrogens (tertiary/aromatic N) is 4.